The fourth-order valence-electron chi connectivity index (χ4n) is 1.63. The van der Waals surface area contributed by atoms with Crippen molar-refractivity contribution in [2.75, 3.05) is 6.54 Å². The van der Waals surface area contributed by atoms with E-state index in [2.05, 4.69) is 41.6 Å². The van der Waals surface area contributed by atoms with Gasteiger partial charge in [0.25, 0.3) is 0 Å². The summed E-state index contributed by atoms with van der Waals surface area (Å²) in [5.74, 6) is 0. The van der Waals surface area contributed by atoms with E-state index >= 15 is 0 Å². The molecule has 0 spiro atoms. The van der Waals surface area contributed by atoms with Crippen LogP contribution in [0.3, 0.4) is 0 Å². The first-order chi connectivity index (χ1) is 7.79. The van der Waals surface area contributed by atoms with E-state index < -0.39 is 0 Å². The highest BCUT2D eigenvalue weighted by molar-refractivity contribution is 5.58. The van der Waals surface area contributed by atoms with Gasteiger partial charge in [0, 0.05) is 25.4 Å². The summed E-state index contributed by atoms with van der Waals surface area (Å²) in [5, 5.41) is 7.68. The molecule has 3 heteroatoms. The Balaban J connectivity index is 2.13. The fraction of sp³-hybridized carbons (Fsp3) is 0.308. The molecule has 0 atom stereocenters. The van der Waals surface area contributed by atoms with Crippen molar-refractivity contribution in [3.63, 3.8) is 0 Å². The van der Waals surface area contributed by atoms with E-state index in [4.69, 9.17) is 0 Å². The third-order valence-corrected chi connectivity index (χ3v) is 2.54. The summed E-state index contributed by atoms with van der Waals surface area (Å²) in [5.41, 5.74) is 3.50. The average Bonchev–Trinajstić information content (AvgIpc) is 2.74. The summed E-state index contributed by atoms with van der Waals surface area (Å²) in [6.45, 7) is 4.04. The van der Waals surface area contributed by atoms with Gasteiger partial charge in [0.15, 0.2) is 0 Å². The molecule has 1 aromatic heterocycles. The molecule has 1 N–H and O–H groups in total. The Labute approximate surface area is 96.1 Å². The van der Waals surface area contributed by atoms with Gasteiger partial charge in [-0.05, 0) is 18.2 Å². The normalized spacial score (nSPS) is 10.6. The lowest BCUT2D eigenvalue weighted by molar-refractivity contribution is 0.727. The Hall–Kier alpha value is -1.61. The topological polar surface area (TPSA) is 29.9 Å². The van der Waals surface area contributed by atoms with Crippen LogP contribution < -0.4 is 5.32 Å². The molecule has 0 aliphatic heterocycles. The van der Waals surface area contributed by atoms with E-state index in [0.717, 1.165) is 18.8 Å². The van der Waals surface area contributed by atoms with Gasteiger partial charge in [-0.1, -0.05) is 31.2 Å². The number of hydrogen-bond donors (Lipinski definition) is 1. The van der Waals surface area contributed by atoms with Gasteiger partial charge >= 0.3 is 0 Å². The Morgan fingerprint density at radius 2 is 1.94 bits per heavy atom. The zero-order valence-electron chi connectivity index (χ0n) is 9.77. The van der Waals surface area contributed by atoms with E-state index in [1.54, 1.807) is 0 Å². The summed E-state index contributed by atoms with van der Waals surface area (Å²) in [6.07, 6.45) is 1.96. The molecule has 0 aliphatic rings. The molecule has 0 saturated carbocycles. The van der Waals surface area contributed by atoms with Gasteiger partial charge in [0.1, 0.15) is 0 Å². The molecular weight excluding hydrogens is 198 g/mol. The summed E-state index contributed by atoms with van der Waals surface area (Å²) in [4.78, 5) is 0. The second-order valence-corrected chi connectivity index (χ2v) is 3.85. The Morgan fingerprint density at radius 1 is 1.19 bits per heavy atom. The minimum Gasteiger partial charge on any atom is -0.313 e. The lowest BCUT2D eigenvalue weighted by Crippen LogP contribution is -2.11. The monoisotopic (exact) mass is 215 g/mol. The Morgan fingerprint density at radius 3 is 2.50 bits per heavy atom. The smallest absolute Gasteiger partial charge is 0.0923 e. The molecule has 0 fully saturated rings. The van der Waals surface area contributed by atoms with E-state index in [1.165, 1.54) is 11.1 Å². The second kappa shape index (κ2) is 4.94. The Bertz CT molecular complexity index is 442. The van der Waals surface area contributed by atoms with Crippen molar-refractivity contribution in [1.29, 1.82) is 0 Å². The zero-order chi connectivity index (χ0) is 11.4. The van der Waals surface area contributed by atoms with Gasteiger partial charge in [0.05, 0.1) is 5.69 Å². The maximum absolute atomic E-state index is 4.37. The number of nitrogens with zero attached hydrogens (tertiary/aromatic N) is 2. The van der Waals surface area contributed by atoms with Crippen molar-refractivity contribution in [2.45, 2.75) is 13.5 Å². The molecule has 84 valence electrons. The molecule has 2 aromatic rings. The van der Waals surface area contributed by atoms with Crippen LogP contribution in [0.4, 0.5) is 0 Å². The Kier molecular flexibility index (Phi) is 3.37. The van der Waals surface area contributed by atoms with Gasteiger partial charge < -0.3 is 5.32 Å². The molecule has 0 amide bonds. The minimum atomic E-state index is 0.930. The summed E-state index contributed by atoms with van der Waals surface area (Å²) < 4.78 is 1.82. The van der Waals surface area contributed by atoms with Crippen LogP contribution in [-0.2, 0) is 13.6 Å². The maximum atomic E-state index is 4.37. The first kappa shape index (κ1) is 10.9. The summed E-state index contributed by atoms with van der Waals surface area (Å²) in [7, 11) is 1.93. The van der Waals surface area contributed by atoms with Crippen LogP contribution in [0, 0.1) is 0 Å². The quantitative estimate of drug-likeness (QED) is 0.847. The lowest BCUT2D eigenvalue weighted by atomic mass is 10.1. The van der Waals surface area contributed by atoms with Crippen LogP contribution in [0.15, 0.2) is 36.5 Å². The third-order valence-electron chi connectivity index (χ3n) is 2.54. The first-order valence-electron chi connectivity index (χ1n) is 5.59. The molecule has 1 aromatic carbocycles. The molecule has 1 heterocycles. The van der Waals surface area contributed by atoms with Crippen LogP contribution >= 0.6 is 0 Å². The minimum absolute atomic E-state index is 0.930. The van der Waals surface area contributed by atoms with Gasteiger partial charge in [-0.15, -0.1) is 0 Å². The summed E-state index contributed by atoms with van der Waals surface area (Å²) in [6, 6.07) is 10.6. The van der Waals surface area contributed by atoms with Crippen molar-refractivity contribution in [3.05, 3.63) is 42.1 Å². The van der Waals surface area contributed by atoms with E-state index in [-0.39, 0.29) is 0 Å². The van der Waals surface area contributed by atoms with Crippen molar-refractivity contribution >= 4 is 0 Å². The molecule has 2 rings (SSSR count). The molecule has 0 saturated heterocycles. The van der Waals surface area contributed by atoms with Crippen LogP contribution in [0.5, 0.6) is 0 Å². The van der Waals surface area contributed by atoms with E-state index in [9.17, 15) is 0 Å². The maximum Gasteiger partial charge on any atom is 0.0923 e. The highest BCUT2D eigenvalue weighted by atomic mass is 15.2. The molecular formula is C13H17N3. The first-order valence-corrected chi connectivity index (χ1v) is 5.59. The van der Waals surface area contributed by atoms with Crippen LogP contribution in [-0.4, -0.2) is 16.3 Å². The lowest BCUT2D eigenvalue weighted by Gasteiger charge is -2.03. The van der Waals surface area contributed by atoms with Crippen molar-refractivity contribution in [1.82, 2.24) is 15.1 Å². The molecule has 3 nitrogen and oxygen atoms in total. The van der Waals surface area contributed by atoms with Crippen molar-refractivity contribution in [2.24, 2.45) is 7.05 Å². The highest BCUT2D eigenvalue weighted by Crippen LogP contribution is 2.17. The van der Waals surface area contributed by atoms with Crippen molar-refractivity contribution in [3.8, 4) is 11.3 Å². The summed E-state index contributed by atoms with van der Waals surface area (Å²) >= 11 is 0. The van der Waals surface area contributed by atoms with Crippen LogP contribution in [0.25, 0.3) is 11.3 Å². The number of aryl methyl sites for hydroxylation is 1. The molecule has 16 heavy (non-hydrogen) atoms. The zero-order valence-corrected chi connectivity index (χ0v) is 9.77. The third kappa shape index (κ3) is 2.49. The predicted octanol–water partition coefficient (Wildman–Crippen LogP) is 2.20. The average molecular weight is 215 g/mol. The molecule has 0 unspecified atom stereocenters. The van der Waals surface area contributed by atoms with Gasteiger partial charge in [-0.2, -0.15) is 5.10 Å². The standard InChI is InChI=1S/C13H17N3/c1-3-14-10-11-4-6-12(7-5-11)13-8-9-16(2)15-13/h4-9,14H,3,10H2,1-2H3. The van der Waals surface area contributed by atoms with E-state index in [0.29, 0.717) is 0 Å². The molecule has 0 aliphatic carbocycles. The second-order valence-electron chi connectivity index (χ2n) is 3.85. The number of nitrogens with one attached hydrogen (secondary N) is 1. The largest absolute Gasteiger partial charge is 0.313 e. The van der Waals surface area contributed by atoms with Gasteiger partial charge in [-0.25, -0.2) is 0 Å². The van der Waals surface area contributed by atoms with Crippen LogP contribution in [0.1, 0.15) is 12.5 Å². The van der Waals surface area contributed by atoms with E-state index in [1.807, 2.05) is 24.0 Å². The number of benzene rings is 1. The number of hydrogen-bond acceptors (Lipinski definition) is 2. The number of rotatable bonds is 4. The van der Waals surface area contributed by atoms with Crippen LogP contribution in [0.2, 0.25) is 0 Å². The SMILES string of the molecule is CCNCc1ccc(-c2ccn(C)n2)cc1. The predicted molar refractivity (Wildman–Crippen MR) is 66.0 cm³/mol. The molecule has 0 bridgehead atoms. The fourth-order valence-corrected chi connectivity index (χ4v) is 1.63. The van der Waals surface area contributed by atoms with Gasteiger partial charge in [0.2, 0.25) is 0 Å². The highest BCUT2D eigenvalue weighted by Gasteiger charge is 2.00. The van der Waals surface area contributed by atoms with Gasteiger partial charge in [-0.3, -0.25) is 4.68 Å². The number of aromatic nitrogens is 2. The van der Waals surface area contributed by atoms with Crippen molar-refractivity contribution < 1.29 is 0 Å². The molecule has 0 radical (unpaired) electrons.